The fourth-order valence-corrected chi connectivity index (χ4v) is 5.33. The molecular weight excluding hydrogens is 528 g/mol. The van der Waals surface area contributed by atoms with E-state index in [1.807, 2.05) is 30.3 Å². The molecule has 11 heteroatoms. The zero-order chi connectivity index (χ0) is 29.4. The number of β-amino-alcohol motifs (C(OH)–C–C–N with tert-alkyl or cyclic N) is 1. The maximum absolute atomic E-state index is 13.6. The zero-order valence-corrected chi connectivity index (χ0v) is 23.4. The van der Waals surface area contributed by atoms with Crippen LogP contribution in [0.5, 0.6) is 5.75 Å². The molecule has 0 aromatic heterocycles. The second kappa shape index (κ2) is 14.4. The first-order chi connectivity index (χ1) is 19.7. The quantitative estimate of drug-likeness (QED) is 0.241. The molecule has 2 aliphatic rings. The number of rotatable bonds is 11. The van der Waals surface area contributed by atoms with Crippen molar-refractivity contribution in [1.82, 2.24) is 20.4 Å². The average Bonchev–Trinajstić information content (AvgIpc) is 3.38. The maximum atomic E-state index is 13.6. The molecule has 3 amide bonds. The molecule has 0 bridgehead atoms. The van der Waals surface area contributed by atoms with Crippen molar-refractivity contribution in [2.24, 2.45) is 0 Å². The van der Waals surface area contributed by atoms with Gasteiger partial charge in [-0.1, -0.05) is 36.4 Å². The number of phenolic OH excluding ortho intramolecular Hbond substituents is 1. The van der Waals surface area contributed by atoms with Gasteiger partial charge >= 0.3 is 0 Å². The minimum absolute atomic E-state index is 0.0428. The largest absolute Gasteiger partial charge is 0.508 e. The number of carbonyl (C=O) groups is 3. The maximum Gasteiger partial charge on any atom is 0.254 e. The number of likely N-dealkylation sites (tertiary alicyclic amines) is 1. The van der Waals surface area contributed by atoms with Crippen LogP contribution < -0.4 is 10.6 Å². The van der Waals surface area contributed by atoms with Crippen LogP contribution in [0.25, 0.3) is 0 Å². The summed E-state index contributed by atoms with van der Waals surface area (Å²) >= 11 is 0. The van der Waals surface area contributed by atoms with E-state index >= 15 is 0 Å². The minimum atomic E-state index is -1.68. The third kappa shape index (κ3) is 8.04. The molecule has 4 unspecified atom stereocenters. The summed E-state index contributed by atoms with van der Waals surface area (Å²) in [5, 5.41) is 37.3. The highest BCUT2D eigenvalue weighted by Crippen LogP contribution is 2.22. The van der Waals surface area contributed by atoms with Crippen molar-refractivity contribution < 1.29 is 34.4 Å². The van der Waals surface area contributed by atoms with Crippen LogP contribution in [0.1, 0.15) is 34.3 Å². The molecule has 4 atom stereocenters. The summed E-state index contributed by atoms with van der Waals surface area (Å²) in [6.45, 7) is 5.85. The molecule has 2 saturated heterocycles. The van der Waals surface area contributed by atoms with Crippen molar-refractivity contribution in [2.75, 3.05) is 45.9 Å². The topological polar surface area (TPSA) is 152 Å². The number of ether oxygens (including phenoxy) is 1. The first-order valence-corrected chi connectivity index (χ1v) is 14.1. The average molecular weight is 569 g/mol. The number of benzene rings is 2. The van der Waals surface area contributed by atoms with E-state index in [1.54, 1.807) is 19.1 Å². The Kier molecular flexibility index (Phi) is 10.7. The van der Waals surface area contributed by atoms with E-state index in [9.17, 15) is 29.7 Å². The van der Waals surface area contributed by atoms with Gasteiger partial charge in [0.1, 0.15) is 11.8 Å². The summed E-state index contributed by atoms with van der Waals surface area (Å²) in [6.07, 6.45) is -1.65. The van der Waals surface area contributed by atoms with Gasteiger partial charge in [0.05, 0.1) is 25.4 Å². The van der Waals surface area contributed by atoms with E-state index in [2.05, 4.69) is 15.5 Å². The Balaban J connectivity index is 1.43. The monoisotopic (exact) mass is 568 g/mol. The number of phenols is 1. The van der Waals surface area contributed by atoms with Crippen molar-refractivity contribution in [3.63, 3.8) is 0 Å². The summed E-state index contributed by atoms with van der Waals surface area (Å²) in [4.78, 5) is 43.3. The van der Waals surface area contributed by atoms with E-state index in [0.29, 0.717) is 25.3 Å². The summed E-state index contributed by atoms with van der Waals surface area (Å²) in [6, 6.07) is 11.7. The first kappa shape index (κ1) is 30.4. The van der Waals surface area contributed by atoms with Crippen LogP contribution in [-0.2, 0) is 20.7 Å². The van der Waals surface area contributed by atoms with Gasteiger partial charge in [0, 0.05) is 43.7 Å². The lowest BCUT2D eigenvalue weighted by Crippen LogP contribution is -2.56. The SMILES string of the molecule is Cc1c(O)cccc1C(=O)NC(Cc1ccccc1)C(O)C(=O)N1CC(O)CC1C(=O)NCCCN1CCOCC1. The second-order valence-corrected chi connectivity index (χ2v) is 10.7. The van der Waals surface area contributed by atoms with E-state index in [-0.39, 0.29) is 36.6 Å². The molecule has 0 spiro atoms. The number of hydrogen-bond acceptors (Lipinski definition) is 8. The molecule has 41 heavy (non-hydrogen) atoms. The Morgan fingerprint density at radius 1 is 1.07 bits per heavy atom. The van der Waals surface area contributed by atoms with Gasteiger partial charge in [-0.25, -0.2) is 0 Å². The van der Waals surface area contributed by atoms with Gasteiger partial charge in [-0.3, -0.25) is 19.3 Å². The Morgan fingerprint density at radius 3 is 2.54 bits per heavy atom. The van der Waals surface area contributed by atoms with Gasteiger partial charge in [0.15, 0.2) is 6.10 Å². The number of aliphatic hydroxyl groups is 2. The van der Waals surface area contributed by atoms with Crippen LogP contribution in [0.15, 0.2) is 48.5 Å². The lowest BCUT2D eigenvalue weighted by atomic mass is 9.98. The number of aliphatic hydroxyl groups excluding tert-OH is 2. The highest BCUT2D eigenvalue weighted by molar-refractivity contribution is 5.97. The Morgan fingerprint density at radius 2 is 1.80 bits per heavy atom. The predicted molar refractivity (Wildman–Crippen MR) is 151 cm³/mol. The summed E-state index contributed by atoms with van der Waals surface area (Å²) in [7, 11) is 0. The van der Waals surface area contributed by atoms with Crippen molar-refractivity contribution >= 4 is 17.7 Å². The number of aromatic hydroxyl groups is 1. The molecule has 2 aromatic rings. The molecule has 2 heterocycles. The number of nitrogens with zero attached hydrogens (tertiary/aromatic N) is 2. The van der Waals surface area contributed by atoms with Crippen molar-refractivity contribution in [2.45, 2.75) is 50.5 Å². The standard InChI is InChI=1S/C30H40N4O7/c1-20-23(9-5-10-26(20)36)28(38)32-24(17-21-7-3-2-4-8-21)27(37)30(40)34-19-22(35)18-25(34)29(39)31-11-6-12-33-13-15-41-16-14-33/h2-5,7-10,22,24-25,27,35-37H,6,11-19H2,1H3,(H,31,39)(H,32,38). The van der Waals surface area contributed by atoms with Gasteiger partial charge < -0.3 is 35.6 Å². The fourth-order valence-electron chi connectivity index (χ4n) is 5.33. The smallest absolute Gasteiger partial charge is 0.254 e. The summed E-state index contributed by atoms with van der Waals surface area (Å²) in [5.74, 6) is -1.73. The normalized spacial score (nSPS) is 20.8. The van der Waals surface area contributed by atoms with E-state index in [1.165, 1.54) is 11.0 Å². The summed E-state index contributed by atoms with van der Waals surface area (Å²) in [5.41, 5.74) is 1.37. The minimum Gasteiger partial charge on any atom is -0.508 e. The van der Waals surface area contributed by atoms with E-state index in [4.69, 9.17) is 4.74 Å². The molecule has 0 aliphatic carbocycles. The lowest BCUT2D eigenvalue weighted by molar-refractivity contribution is -0.146. The third-order valence-electron chi connectivity index (χ3n) is 7.72. The molecule has 2 aliphatic heterocycles. The van der Waals surface area contributed by atoms with Crippen LogP contribution in [0.3, 0.4) is 0 Å². The van der Waals surface area contributed by atoms with Gasteiger partial charge in [0.2, 0.25) is 5.91 Å². The van der Waals surface area contributed by atoms with Crippen LogP contribution in [0, 0.1) is 6.92 Å². The number of amides is 3. The van der Waals surface area contributed by atoms with Gasteiger partial charge in [-0.2, -0.15) is 0 Å². The number of hydrogen-bond donors (Lipinski definition) is 5. The Labute approximate surface area is 240 Å². The van der Waals surface area contributed by atoms with Gasteiger partial charge in [-0.05, 0) is 44.0 Å². The molecule has 0 saturated carbocycles. The number of morpholine rings is 1. The van der Waals surface area contributed by atoms with Crippen molar-refractivity contribution in [1.29, 1.82) is 0 Å². The van der Waals surface area contributed by atoms with E-state index < -0.39 is 36.1 Å². The van der Waals surface area contributed by atoms with Gasteiger partial charge in [-0.15, -0.1) is 0 Å². The molecule has 0 radical (unpaired) electrons. The van der Waals surface area contributed by atoms with Crippen LogP contribution >= 0.6 is 0 Å². The Hall–Kier alpha value is -3.51. The molecular formula is C30H40N4O7. The highest BCUT2D eigenvalue weighted by atomic mass is 16.5. The third-order valence-corrected chi connectivity index (χ3v) is 7.72. The van der Waals surface area contributed by atoms with Crippen LogP contribution in [0.2, 0.25) is 0 Å². The molecule has 2 aromatic carbocycles. The zero-order valence-electron chi connectivity index (χ0n) is 23.4. The van der Waals surface area contributed by atoms with Crippen LogP contribution in [-0.4, -0.2) is 113 Å². The lowest BCUT2D eigenvalue weighted by Gasteiger charge is -2.30. The van der Waals surface area contributed by atoms with E-state index in [0.717, 1.165) is 31.6 Å². The van der Waals surface area contributed by atoms with Crippen molar-refractivity contribution in [3.05, 3.63) is 65.2 Å². The molecule has 5 N–H and O–H groups in total. The predicted octanol–water partition coefficient (Wildman–Crippen LogP) is 0.203. The molecule has 4 rings (SSSR count). The molecule has 11 nitrogen and oxygen atoms in total. The van der Waals surface area contributed by atoms with Crippen LogP contribution in [0.4, 0.5) is 0 Å². The Bertz CT molecular complexity index is 1190. The highest BCUT2D eigenvalue weighted by Gasteiger charge is 2.42. The molecule has 222 valence electrons. The number of nitrogens with one attached hydrogen (secondary N) is 2. The fraction of sp³-hybridized carbons (Fsp3) is 0.500. The first-order valence-electron chi connectivity index (χ1n) is 14.1. The van der Waals surface area contributed by atoms with Crippen molar-refractivity contribution in [3.8, 4) is 5.75 Å². The second-order valence-electron chi connectivity index (χ2n) is 10.7. The summed E-state index contributed by atoms with van der Waals surface area (Å²) < 4.78 is 5.35. The number of carbonyl (C=O) groups excluding carboxylic acids is 3. The molecule has 2 fully saturated rings. The van der Waals surface area contributed by atoms with Gasteiger partial charge in [0.25, 0.3) is 11.8 Å².